The van der Waals surface area contributed by atoms with E-state index in [0.717, 1.165) is 0 Å². The third-order valence-electron chi connectivity index (χ3n) is 0. The first kappa shape index (κ1) is 16.2. The Balaban J connectivity index is -0.00000000500. The van der Waals surface area contributed by atoms with Crippen molar-refractivity contribution < 1.29 is 41.7 Å². The number of hydrogen-bond acceptors (Lipinski definition) is 1. The molecule has 0 heterocycles. The van der Waals surface area contributed by atoms with E-state index >= 15 is 0 Å². The molecule has 0 aliphatic rings. The van der Waals surface area contributed by atoms with Gasteiger partial charge in [-0.3, -0.25) is 0 Å². The molecule has 0 bridgehead atoms. The summed E-state index contributed by atoms with van der Waals surface area (Å²) < 4.78 is 8.26. The average molecular weight is 205 g/mol. The summed E-state index contributed by atoms with van der Waals surface area (Å²) in [6, 6.07) is 0. The fourth-order valence-corrected chi connectivity index (χ4v) is 0. The zero-order chi connectivity index (χ0) is 2.00. The Morgan fingerprint density at radius 3 is 1.25 bits per heavy atom. The minimum absolute atomic E-state index is 0. The summed E-state index contributed by atoms with van der Waals surface area (Å²) in [6.07, 6.45) is 0. The van der Waals surface area contributed by atoms with Gasteiger partial charge >= 0.3 is 60.9 Å². The molecule has 0 aromatic carbocycles. The van der Waals surface area contributed by atoms with Crippen LogP contribution in [0.2, 0.25) is 0 Å². The van der Waals surface area contributed by atoms with Crippen molar-refractivity contribution >= 4 is 37.7 Å². The van der Waals surface area contributed by atoms with Crippen LogP contribution < -0.4 is 0 Å². The Bertz CT molecular complexity index is 8.00. The van der Waals surface area contributed by atoms with Gasteiger partial charge in [0.2, 0.25) is 0 Å². The molecule has 1 radical (unpaired) electrons. The minimum atomic E-state index is 0. The summed E-state index contributed by atoms with van der Waals surface area (Å²) in [6.45, 7) is 0. The number of hydrogen-bond donors (Lipinski definition) is 0. The van der Waals surface area contributed by atoms with E-state index in [2.05, 4.69) is 0 Å². The molecule has 4 heteroatoms. The maximum absolute atomic E-state index is 8.26. The maximum Gasteiger partial charge on any atom is 0 e. The molecule has 0 saturated carbocycles. The van der Waals surface area contributed by atoms with Crippen molar-refractivity contribution in [2.45, 2.75) is 0 Å². The molecule has 0 aliphatic carbocycles. The summed E-state index contributed by atoms with van der Waals surface area (Å²) >= 11 is 0.700. The van der Waals surface area contributed by atoms with Crippen molar-refractivity contribution in [2.75, 3.05) is 0 Å². The first-order chi connectivity index (χ1) is 1.00. The molecule has 21 valence electrons. The number of rotatable bonds is 0. The SMILES string of the molecule is [CaH2].[O]=[Mo].[V]. The van der Waals surface area contributed by atoms with Crippen LogP contribution in [0.5, 0.6) is 0 Å². The van der Waals surface area contributed by atoms with E-state index in [1.807, 2.05) is 0 Å². The van der Waals surface area contributed by atoms with Gasteiger partial charge < -0.3 is 0 Å². The monoisotopic (exact) mass is 207 g/mol. The van der Waals surface area contributed by atoms with Crippen LogP contribution >= 0.6 is 0 Å². The Labute approximate surface area is 78.0 Å². The van der Waals surface area contributed by atoms with Gasteiger partial charge in [0.1, 0.15) is 0 Å². The van der Waals surface area contributed by atoms with E-state index in [9.17, 15) is 0 Å². The first-order valence-electron chi connectivity index (χ1n) is 0.167. The van der Waals surface area contributed by atoms with Crippen LogP contribution in [0.1, 0.15) is 0 Å². The first-order valence-corrected chi connectivity index (χ1v) is 0.986. The fourth-order valence-electron chi connectivity index (χ4n) is 0. The van der Waals surface area contributed by atoms with Crippen LogP contribution in [0.15, 0.2) is 0 Å². The van der Waals surface area contributed by atoms with Crippen LogP contribution in [0, 0.1) is 0 Å². The van der Waals surface area contributed by atoms with Gasteiger partial charge in [0.05, 0.1) is 0 Å². The van der Waals surface area contributed by atoms with Crippen LogP contribution in [-0.4, -0.2) is 37.7 Å². The second-order valence-electron chi connectivity index (χ2n) is 0. The van der Waals surface area contributed by atoms with Crippen molar-refractivity contribution in [3.63, 3.8) is 0 Å². The maximum atomic E-state index is 8.26. The minimum Gasteiger partial charge on any atom is 0 e. The Kier molecular flexibility index (Phi) is 74.6. The van der Waals surface area contributed by atoms with Gasteiger partial charge in [-0.05, 0) is 0 Å². The van der Waals surface area contributed by atoms with Gasteiger partial charge in [-0.25, -0.2) is 0 Å². The molecule has 0 N–H and O–H groups in total. The molecule has 0 spiro atoms. The van der Waals surface area contributed by atoms with E-state index in [1.54, 1.807) is 0 Å². The second-order valence-corrected chi connectivity index (χ2v) is 0. The summed E-state index contributed by atoms with van der Waals surface area (Å²) in [7, 11) is 0. The Hall–Kier alpha value is 2.33. The molecular weight excluding hydrogens is 203 g/mol. The van der Waals surface area contributed by atoms with E-state index in [-0.39, 0.29) is 56.3 Å². The quantitative estimate of drug-likeness (QED) is 0.461. The smallest absolute Gasteiger partial charge is 0 e. The van der Waals surface area contributed by atoms with Gasteiger partial charge in [0.15, 0.2) is 0 Å². The summed E-state index contributed by atoms with van der Waals surface area (Å²) in [5.74, 6) is 0. The van der Waals surface area contributed by atoms with Crippen molar-refractivity contribution in [3.8, 4) is 0 Å². The third kappa shape index (κ3) is 8.84. The fraction of sp³-hybridized carbons (Fsp3) is 0. The molecule has 0 atom stereocenters. The van der Waals surface area contributed by atoms with E-state index in [0.29, 0.717) is 19.8 Å². The molecule has 0 aromatic heterocycles. The van der Waals surface area contributed by atoms with E-state index in [1.165, 1.54) is 0 Å². The van der Waals surface area contributed by atoms with Gasteiger partial charge in [-0.15, -0.1) is 0 Å². The molecule has 0 amide bonds. The van der Waals surface area contributed by atoms with Crippen LogP contribution in [-0.2, 0) is 41.7 Å². The zero-order valence-electron chi connectivity index (χ0n) is 1.26. The zero-order valence-corrected chi connectivity index (χ0v) is 4.67. The van der Waals surface area contributed by atoms with Crippen molar-refractivity contribution in [1.29, 1.82) is 0 Å². The average Bonchev–Trinajstić information content (AvgIpc) is 1.00. The van der Waals surface area contributed by atoms with Crippen molar-refractivity contribution in [3.05, 3.63) is 0 Å². The van der Waals surface area contributed by atoms with Gasteiger partial charge in [-0.2, -0.15) is 0 Å². The molecule has 0 saturated heterocycles. The van der Waals surface area contributed by atoms with Crippen molar-refractivity contribution in [1.82, 2.24) is 0 Å². The molecule has 1 nitrogen and oxygen atoms in total. The molecule has 0 aromatic rings. The molecule has 0 unspecified atom stereocenters. The van der Waals surface area contributed by atoms with Gasteiger partial charge in [0.25, 0.3) is 0 Å². The van der Waals surface area contributed by atoms with E-state index < -0.39 is 0 Å². The molecule has 0 fully saturated rings. The normalized spacial score (nSPS) is 1.00. The molecule has 0 rings (SSSR count). The predicted octanol–water partition coefficient (Wildman–Crippen LogP) is -1.04. The largest absolute Gasteiger partial charge is 0 e. The predicted molar refractivity (Wildman–Crippen MR) is 9.23 cm³/mol. The summed E-state index contributed by atoms with van der Waals surface area (Å²) in [5.41, 5.74) is 0. The summed E-state index contributed by atoms with van der Waals surface area (Å²) in [4.78, 5) is 0. The van der Waals surface area contributed by atoms with Crippen LogP contribution in [0.4, 0.5) is 0 Å². The van der Waals surface area contributed by atoms with Gasteiger partial charge in [-0.1, -0.05) is 0 Å². The third-order valence-corrected chi connectivity index (χ3v) is 0. The molecular formula is H2CaMoOV. The van der Waals surface area contributed by atoms with Crippen LogP contribution in [0.3, 0.4) is 0 Å². The standard InChI is InChI=1S/Ca.Mo.O.V.2H. The topological polar surface area (TPSA) is 17.1 Å². The second kappa shape index (κ2) is 18.4. The Morgan fingerprint density at radius 2 is 1.25 bits per heavy atom. The Morgan fingerprint density at radius 1 is 1.25 bits per heavy atom. The van der Waals surface area contributed by atoms with Crippen molar-refractivity contribution in [2.24, 2.45) is 0 Å². The van der Waals surface area contributed by atoms with E-state index in [4.69, 9.17) is 3.40 Å². The molecule has 4 heavy (non-hydrogen) atoms. The van der Waals surface area contributed by atoms with Crippen LogP contribution in [0.25, 0.3) is 0 Å². The summed E-state index contributed by atoms with van der Waals surface area (Å²) in [5, 5.41) is 0. The van der Waals surface area contributed by atoms with Gasteiger partial charge in [0, 0.05) is 18.6 Å². The molecule has 0 aliphatic heterocycles.